The summed E-state index contributed by atoms with van der Waals surface area (Å²) in [5.74, 6) is 0.863. The largest absolute Gasteiger partial charge is 0.351 e. The highest BCUT2D eigenvalue weighted by Gasteiger charge is 2.15. The van der Waals surface area contributed by atoms with Crippen LogP contribution in [-0.2, 0) is 13.5 Å². The summed E-state index contributed by atoms with van der Waals surface area (Å²) in [6.07, 6.45) is 6.05. The highest BCUT2D eigenvalue weighted by molar-refractivity contribution is 5.83. The Kier molecular flexibility index (Phi) is 2.89. The van der Waals surface area contributed by atoms with E-state index < -0.39 is 0 Å². The van der Waals surface area contributed by atoms with Crippen LogP contribution < -0.4 is 5.32 Å². The molecule has 1 aromatic carbocycles. The zero-order chi connectivity index (χ0) is 11.7. The number of rotatable bonds is 2. The van der Waals surface area contributed by atoms with Crippen molar-refractivity contribution >= 4 is 10.9 Å². The van der Waals surface area contributed by atoms with Crippen LogP contribution in [0.25, 0.3) is 10.9 Å². The van der Waals surface area contributed by atoms with Crippen LogP contribution in [0.3, 0.4) is 0 Å². The van der Waals surface area contributed by atoms with E-state index in [4.69, 9.17) is 0 Å². The first-order chi connectivity index (χ1) is 8.34. The van der Waals surface area contributed by atoms with Crippen LogP contribution >= 0.6 is 0 Å². The van der Waals surface area contributed by atoms with E-state index in [2.05, 4.69) is 47.4 Å². The molecule has 90 valence electrons. The van der Waals surface area contributed by atoms with Gasteiger partial charge in [-0.2, -0.15) is 0 Å². The lowest BCUT2D eigenvalue weighted by atomic mass is 9.90. The molecule has 1 saturated heterocycles. The zero-order valence-electron chi connectivity index (χ0n) is 10.4. The molecule has 17 heavy (non-hydrogen) atoms. The maximum absolute atomic E-state index is 3.44. The Labute approximate surface area is 103 Å². The molecule has 2 nitrogen and oxygen atoms in total. The second kappa shape index (κ2) is 4.53. The SMILES string of the molecule is Cn1ccc2c(CC3CCNCC3)cccc21. The molecule has 0 unspecified atom stereocenters. The van der Waals surface area contributed by atoms with Crippen LogP contribution in [0, 0.1) is 5.92 Å². The molecule has 0 bridgehead atoms. The second-order valence-corrected chi connectivity index (χ2v) is 5.17. The number of fused-ring (bicyclic) bond motifs is 1. The highest BCUT2D eigenvalue weighted by Crippen LogP contribution is 2.25. The minimum atomic E-state index is 0.863. The average molecular weight is 228 g/mol. The van der Waals surface area contributed by atoms with Gasteiger partial charge in [0.25, 0.3) is 0 Å². The number of piperidine rings is 1. The standard InChI is InChI=1S/C15H20N2/c1-17-10-7-14-13(3-2-4-15(14)17)11-12-5-8-16-9-6-12/h2-4,7,10,12,16H,5-6,8-9,11H2,1H3. The van der Waals surface area contributed by atoms with Gasteiger partial charge in [-0.3, -0.25) is 0 Å². The third kappa shape index (κ3) is 2.09. The predicted molar refractivity (Wildman–Crippen MR) is 72.2 cm³/mol. The van der Waals surface area contributed by atoms with Crippen LogP contribution in [0.15, 0.2) is 30.5 Å². The van der Waals surface area contributed by atoms with Gasteiger partial charge in [0.2, 0.25) is 0 Å². The Morgan fingerprint density at radius 1 is 1.24 bits per heavy atom. The third-order valence-electron chi connectivity index (χ3n) is 3.99. The fraction of sp³-hybridized carbons (Fsp3) is 0.467. The zero-order valence-corrected chi connectivity index (χ0v) is 10.4. The van der Waals surface area contributed by atoms with Crippen LogP contribution in [0.2, 0.25) is 0 Å². The van der Waals surface area contributed by atoms with E-state index >= 15 is 0 Å². The molecule has 0 saturated carbocycles. The van der Waals surface area contributed by atoms with Gasteiger partial charge in [0, 0.05) is 24.1 Å². The molecular weight excluding hydrogens is 208 g/mol. The molecule has 3 rings (SSSR count). The van der Waals surface area contributed by atoms with Crippen LogP contribution in [0.5, 0.6) is 0 Å². The lowest BCUT2D eigenvalue weighted by Gasteiger charge is -2.22. The summed E-state index contributed by atoms with van der Waals surface area (Å²) >= 11 is 0. The molecule has 2 heteroatoms. The lowest BCUT2D eigenvalue weighted by Crippen LogP contribution is -2.28. The van der Waals surface area contributed by atoms with Crippen molar-refractivity contribution in [3.8, 4) is 0 Å². The van der Waals surface area contributed by atoms with Gasteiger partial charge in [0.05, 0.1) is 0 Å². The number of hydrogen-bond acceptors (Lipinski definition) is 1. The molecule has 1 aromatic heterocycles. The molecule has 0 spiro atoms. The van der Waals surface area contributed by atoms with Crippen LogP contribution in [0.4, 0.5) is 0 Å². The van der Waals surface area contributed by atoms with Crippen molar-refractivity contribution < 1.29 is 0 Å². The maximum Gasteiger partial charge on any atom is 0.0480 e. The van der Waals surface area contributed by atoms with E-state index in [-0.39, 0.29) is 0 Å². The van der Waals surface area contributed by atoms with Gasteiger partial charge in [0.1, 0.15) is 0 Å². The van der Waals surface area contributed by atoms with E-state index in [9.17, 15) is 0 Å². The Hall–Kier alpha value is -1.28. The van der Waals surface area contributed by atoms with E-state index in [0.29, 0.717) is 0 Å². The van der Waals surface area contributed by atoms with E-state index in [0.717, 1.165) is 5.92 Å². The average Bonchev–Trinajstić information content (AvgIpc) is 2.74. The minimum Gasteiger partial charge on any atom is -0.351 e. The Morgan fingerprint density at radius 2 is 2.06 bits per heavy atom. The van der Waals surface area contributed by atoms with Crippen LogP contribution in [0.1, 0.15) is 18.4 Å². The number of nitrogens with one attached hydrogen (secondary N) is 1. The first kappa shape index (κ1) is 10.8. The summed E-state index contributed by atoms with van der Waals surface area (Å²) in [6.45, 7) is 2.38. The molecule has 2 heterocycles. The van der Waals surface area contributed by atoms with Gasteiger partial charge in [-0.15, -0.1) is 0 Å². The number of nitrogens with zero attached hydrogens (tertiary/aromatic N) is 1. The van der Waals surface area contributed by atoms with Crippen molar-refractivity contribution in [2.24, 2.45) is 13.0 Å². The van der Waals surface area contributed by atoms with E-state index in [1.807, 2.05) is 0 Å². The number of benzene rings is 1. The van der Waals surface area contributed by atoms with Gasteiger partial charge in [-0.05, 0) is 56.0 Å². The first-order valence-corrected chi connectivity index (χ1v) is 6.58. The van der Waals surface area contributed by atoms with Crippen molar-refractivity contribution in [2.45, 2.75) is 19.3 Å². The van der Waals surface area contributed by atoms with Crippen molar-refractivity contribution in [1.29, 1.82) is 0 Å². The normalized spacial score (nSPS) is 17.7. The molecule has 0 aliphatic carbocycles. The Morgan fingerprint density at radius 3 is 2.88 bits per heavy atom. The molecule has 1 fully saturated rings. The van der Waals surface area contributed by atoms with Gasteiger partial charge in [-0.1, -0.05) is 12.1 Å². The first-order valence-electron chi connectivity index (χ1n) is 6.58. The number of aryl methyl sites for hydroxylation is 1. The monoisotopic (exact) mass is 228 g/mol. The fourth-order valence-corrected chi connectivity index (χ4v) is 2.94. The predicted octanol–water partition coefficient (Wildman–Crippen LogP) is 2.72. The van der Waals surface area contributed by atoms with Crippen molar-refractivity contribution in [3.05, 3.63) is 36.0 Å². The Bertz CT molecular complexity index is 507. The quantitative estimate of drug-likeness (QED) is 0.836. The number of hydrogen-bond donors (Lipinski definition) is 1. The summed E-state index contributed by atoms with van der Waals surface area (Å²) in [4.78, 5) is 0. The fourth-order valence-electron chi connectivity index (χ4n) is 2.94. The molecule has 1 N–H and O–H groups in total. The van der Waals surface area contributed by atoms with E-state index in [1.54, 1.807) is 0 Å². The van der Waals surface area contributed by atoms with Crippen molar-refractivity contribution in [3.63, 3.8) is 0 Å². The molecule has 0 radical (unpaired) electrons. The molecule has 0 atom stereocenters. The van der Waals surface area contributed by atoms with Crippen LogP contribution in [-0.4, -0.2) is 17.7 Å². The number of aromatic nitrogens is 1. The summed E-state index contributed by atoms with van der Waals surface area (Å²) in [5, 5.41) is 4.88. The Balaban J connectivity index is 1.89. The van der Waals surface area contributed by atoms with Gasteiger partial charge >= 0.3 is 0 Å². The van der Waals surface area contributed by atoms with Crippen molar-refractivity contribution in [1.82, 2.24) is 9.88 Å². The second-order valence-electron chi connectivity index (χ2n) is 5.17. The minimum absolute atomic E-state index is 0.863. The topological polar surface area (TPSA) is 17.0 Å². The summed E-state index contributed by atoms with van der Waals surface area (Å²) in [6, 6.07) is 8.95. The molecule has 1 aliphatic rings. The van der Waals surface area contributed by atoms with Gasteiger partial charge in [0.15, 0.2) is 0 Å². The summed E-state index contributed by atoms with van der Waals surface area (Å²) in [5.41, 5.74) is 2.88. The van der Waals surface area contributed by atoms with Gasteiger partial charge in [-0.25, -0.2) is 0 Å². The third-order valence-corrected chi connectivity index (χ3v) is 3.99. The summed E-state index contributed by atoms with van der Waals surface area (Å²) in [7, 11) is 2.12. The molecular formula is C15H20N2. The smallest absolute Gasteiger partial charge is 0.0480 e. The highest BCUT2D eigenvalue weighted by atomic mass is 14.9. The molecule has 2 aromatic rings. The lowest BCUT2D eigenvalue weighted by molar-refractivity contribution is 0.373. The van der Waals surface area contributed by atoms with E-state index in [1.165, 1.54) is 48.8 Å². The van der Waals surface area contributed by atoms with Crippen molar-refractivity contribution in [2.75, 3.05) is 13.1 Å². The maximum atomic E-state index is 3.44. The summed E-state index contributed by atoms with van der Waals surface area (Å²) < 4.78 is 2.21. The molecule has 0 amide bonds. The molecule has 1 aliphatic heterocycles. The van der Waals surface area contributed by atoms with Gasteiger partial charge < -0.3 is 9.88 Å².